The van der Waals surface area contributed by atoms with Gasteiger partial charge in [0.25, 0.3) is 0 Å². The monoisotopic (exact) mass is 299 g/mol. The Morgan fingerprint density at radius 3 is 2.80 bits per heavy atom. The molecular weight excluding hydrogens is 278 g/mol. The molecular formula is C15H22ClNO3. The average molecular weight is 300 g/mol. The minimum atomic E-state index is -0.253. The lowest BCUT2D eigenvalue weighted by Gasteiger charge is -2.12. The summed E-state index contributed by atoms with van der Waals surface area (Å²) in [4.78, 5) is 10.8. The molecule has 1 aromatic rings. The van der Waals surface area contributed by atoms with E-state index in [4.69, 9.17) is 26.8 Å². The number of primary amides is 1. The number of hydrogen-bond donors (Lipinski definition) is 1. The maximum Gasteiger partial charge on any atom is 0.217 e. The summed E-state index contributed by atoms with van der Waals surface area (Å²) in [6.45, 7) is 3.02. The molecule has 0 heterocycles. The first-order chi connectivity index (χ1) is 9.52. The Hall–Kier alpha value is -1.26. The Morgan fingerprint density at radius 2 is 2.15 bits per heavy atom. The van der Waals surface area contributed by atoms with Gasteiger partial charge in [0.05, 0.1) is 11.6 Å². The van der Waals surface area contributed by atoms with E-state index in [1.165, 1.54) is 0 Å². The molecule has 0 bridgehead atoms. The van der Waals surface area contributed by atoms with E-state index in [1.54, 1.807) is 7.11 Å². The normalized spacial score (nSPS) is 12.2. The summed E-state index contributed by atoms with van der Waals surface area (Å²) in [5, 5.41) is 0.593. The number of rotatable bonds is 9. The molecule has 112 valence electrons. The van der Waals surface area contributed by atoms with Crippen molar-refractivity contribution in [1.82, 2.24) is 0 Å². The van der Waals surface area contributed by atoms with Gasteiger partial charge >= 0.3 is 0 Å². The molecule has 2 N–H and O–H groups in total. The lowest BCUT2D eigenvalue weighted by atomic mass is 9.98. The summed E-state index contributed by atoms with van der Waals surface area (Å²) in [6.07, 6.45) is 2.19. The summed E-state index contributed by atoms with van der Waals surface area (Å²) in [6, 6.07) is 5.75. The highest BCUT2D eigenvalue weighted by Gasteiger charge is 2.08. The van der Waals surface area contributed by atoms with Crippen LogP contribution in [0.5, 0.6) is 5.75 Å². The van der Waals surface area contributed by atoms with Crippen molar-refractivity contribution in [2.45, 2.75) is 26.2 Å². The van der Waals surface area contributed by atoms with Gasteiger partial charge in [0.2, 0.25) is 5.91 Å². The minimum Gasteiger partial charge on any atom is -0.490 e. The SMILES string of the molecule is COCCOc1cc(CCC(C)CC(N)=O)ccc1Cl. The number of carbonyl (C=O) groups excluding carboxylic acids is 1. The van der Waals surface area contributed by atoms with Crippen LogP contribution in [0.4, 0.5) is 0 Å². The van der Waals surface area contributed by atoms with Crippen molar-refractivity contribution in [1.29, 1.82) is 0 Å². The molecule has 1 unspecified atom stereocenters. The van der Waals surface area contributed by atoms with E-state index in [2.05, 4.69) is 0 Å². The predicted molar refractivity (Wildman–Crippen MR) is 80.1 cm³/mol. The number of benzene rings is 1. The zero-order valence-electron chi connectivity index (χ0n) is 12.0. The highest BCUT2D eigenvalue weighted by molar-refractivity contribution is 6.32. The third-order valence-corrected chi connectivity index (χ3v) is 3.33. The second-order valence-corrected chi connectivity index (χ2v) is 5.33. The van der Waals surface area contributed by atoms with Crippen molar-refractivity contribution in [2.24, 2.45) is 11.7 Å². The number of methoxy groups -OCH3 is 1. The van der Waals surface area contributed by atoms with Crippen LogP contribution in [0.3, 0.4) is 0 Å². The number of amides is 1. The number of ether oxygens (including phenoxy) is 2. The van der Waals surface area contributed by atoms with E-state index >= 15 is 0 Å². The van der Waals surface area contributed by atoms with Crippen LogP contribution >= 0.6 is 11.6 Å². The van der Waals surface area contributed by atoms with Crippen molar-refractivity contribution in [3.8, 4) is 5.75 Å². The van der Waals surface area contributed by atoms with Gasteiger partial charge in [-0.25, -0.2) is 0 Å². The first-order valence-electron chi connectivity index (χ1n) is 6.71. The van der Waals surface area contributed by atoms with Gasteiger partial charge in [0.15, 0.2) is 0 Å². The first-order valence-corrected chi connectivity index (χ1v) is 7.09. The summed E-state index contributed by atoms with van der Waals surface area (Å²) in [5.41, 5.74) is 6.32. The lowest BCUT2D eigenvalue weighted by Crippen LogP contribution is -2.15. The molecule has 0 radical (unpaired) electrons. The van der Waals surface area contributed by atoms with E-state index in [0.29, 0.717) is 30.4 Å². The smallest absolute Gasteiger partial charge is 0.217 e. The Bertz CT molecular complexity index is 437. The molecule has 0 spiro atoms. The van der Waals surface area contributed by atoms with Crippen molar-refractivity contribution in [3.05, 3.63) is 28.8 Å². The molecule has 4 nitrogen and oxygen atoms in total. The topological polar surface area (TPSA) is 61.6 Å². The van der Waals surface area contributed by atoms with Crippen molar-refractivity contribution in [3.63, 3.8) is 0 Å². The summed E-state index contributed by atoms with van der Waals surface area (Å²) < 4.78 is 10.5. The van der Waals surface area contributed by atoms with Gasteiger partial charge in [-0.15, -0.1) is 0 Å². The predicted octanol–water partition coefficient (Wildman–Crippen LogP) is 2.81. The Labute approximate surface area is 125 Å². The van der Waals surface area contributed by atoms with Gasteiger partial charge in [-0.05, 0) is 36.5 Å². The molecule has 20 heavy (non-hydrogen) atoms. The summed E-state index contributed by atoms with van der Waals surface area (Å²) in [5.74, 6) is 0.696. The first kappa shape index (κ1) is 16.8. The van der Waals surface area contributed by atoms with Crippen LogP contribution in [0, 0.1) is 5.92 Å². The maximum atomic E-state index is 10.8. The van der Waals surface area contributed by atoms with Crippen LogP contribution in [0.15, 0.2) is 18.2 Å². The molecule has 1 aromatic carbocycles. The van der Waals surface area contributed by atoms with Gasteiger partial charge in [0.1, 0.15) is 12.4 Å². The second-order valence-electron chi connectivity index (χ2n) is 4.92. The average Bonchev–Trinajstić information content (AvgIpc) is 2.39. The molecule has 1 amide bonds. The van der Waals surface area contributed by atoms with Crippen molar-refractivity contribution < 1.29 is 14.3 Å². The molecule has 0 aliphatic carbocycles. The zero-order valence-corrected chi connectivity index (χ0v) is 12.8. The molecule has 0 aliphatic heterocycles. The quantitative estimate of drug-likeness (QED) is 0.713. The third kappa shape index (κ3) is 6.26. The molecule has 1 atom stereocenters. The molecule has 0 aliphatic rings. The second kappa shape index (κ2) is 8.82. The zero-order chi connectivity index (χ0) is 15.0. The van der Waals surface area contributed by atoms with E-state index in [9.17, 15) is 4.79 Å². The van der Waals surface area contributed by atoms with Gasteiger partial charge in [-0.1, -0.05) is 24.6 Å². The number of carbonyl (C=O) groups is 1. The number of hydrogen-bond acceptors (Lipinski definition) is 3. The molecule has 5 heteroatoms. The van der Waals surface area contributed by atoms with Crippen LogP contribution < -0.4 is 10.5 Å². The van der Waals surface area contributed by atoms with E-state index in [0.717, 1.165) is 18.4 Å². The van der Waals surface area contributed by atoms with Crippen LogP contribution in [0.2, 0.25) is 5.02 Å². The van der Waals surface area contributed by atoms with Gasteiger partial charge in [-0.3, -0.25) is 4.79 Å². The highest BCUT2D eigenvalue weighted by atomic mass is 35.5. The number of halogens is 1. The summed E-state index contributed by atoms with van der Waals surface area (Å²) in [7, 11) is 1.63. The van der Waals surface area contributed by atoms with Crippen LogP contribution in [-0.2, 0) is 16.0 Å². The fourth-order valence-electron chi connectivity index (χ4n) is 1.91. The largest absolute Gasteiger partial charge is 0.490 e. The molecule has 1 rings (SSSR count). The van der Waals surface area contributed by atoms with Crippen molar-refractivity contribution >= 4 is 17.5 Å². The van der Waals surface area contributed by atoms with E-state index in [1.807, 2.05) is 25.1 Å². The fraction of sp³-hybridized carbons (Fsp3) is 0.533. The summed E-state index contributed by atoms with van der Waals surface area (Å²) >= 11 is 6.08. The van der Waals surface area contributed by atoms with E-state index in [-0.39, 0.29) is 11.8 Å². The van der Waals surface area contributed by atoms with Crippen LogP contribution in [0.25, 0.3) is 0 Å². The fourth-order valence-corrected chi connectivity index (χ4v) is 2.08. The van der Waals surface area contributed by atoms with E-state index < -0.39 is 0 Å². The Kier molecular flexibility index (Phi) is 7.41. The maximum absolute atomic E-state index is 10.8. The van der Waals surface area contributed by atoms with Crippen LogP contribution in [-0.4, -0.2) is 26.2 Å². The molecule has 0 saturated carbocycles. The standard InChI is InChI=1S/C15H22ClNO3/c1-11(9-15(17)18)3-4-12-5-6-13(16)14(10-12)20-8-7-19-2/h5-6,10-11H,3-4,7-9H2,1-2H3,(H2,17,18). The molecule has 0 fully saturated rings. The molecule has 0 saturated heterocycles. The van der Waals surface area contributed by atoms with Gasteiger partial charge in [0, 0.05) is 13.5 Å². The minimum absolute atomic E-state index is 0.253. The van der Waals surface area contributed by atoms with Crippen molar-refractivity contribution in [2.75, 3.05) is 20.3 Å². The highest BCUT2D eigenvalue weighted by Crippen LogP contribution is 2.26. The third-order valence-electron chi connectivity index (χ3n) is 3.02. The van der Waals surface area contributed by atoms with Gasteiger partial charge in [-0.2, -0.15) is 0 Å². The molecule has 0 aromatic heterocycles. The van der Waals surface area contributed by atoms with Crippen LogP contribution in [0.1, 0.15) is 25.3 Å². The number of aryl methyl sites for hydroxylation is 1. The lowest BCUT2D eigenvalue weighted by molar-refractivity contribution is -0.118. The number of nitrogens with two attached hydrogens (primary N) is 1. The Morgan fingerprint density at radius 1 is 1.40 bits per heavy atom. The van der Waals surface area contributed by atoms with Gasteiger partial charge < -0.3 is 15.2 Å². The Balaban J connectivity index is 2.53.